The molecule has 1 heterocycles. The molecule has 86 valence electrons. The molecule has 1 aromatic rings. The molecule has 0 unspecified atom stereocenters. The zero-order valence-electron chi connectivity index (χ0n) is 9.15. The van der Waals surface area contributed by atoms with Gasteiger partial charge in [-0.05, 0) is 29.8 Å². The van der Waals surface area contributed by atoms with E-state index in [9.17, 15) is 0 Å². The van der Waals surface area contributed by atoms with E-state index in [4.69, 9.17) is 9.47 Å². The van der Waals surface area contributed by atoms with E-state index in [-0.39, 0.29) is 6.29 Å². The van der Waals surface area contributed by atoms with Gasteiger partial charge in [0.25, 0.3) is 0 Å². The topological polar surface area (TPSA) is 36.3 Å². The van der Waals surface area contributed by atoms with E-state index in [1.54, 1.807) is 6.20 Å². The molecule has 1 rings (SSSR count). The Hall–Kier alpha value is -0.390. The summed E-state index contributed by atoms with van der Waals surface area (Å²) in [6.45, 7) is 6.09. The predicted octanol–water partition coefficient (Wildman–Crippen LogP) is 2.43. The summed E-state index contributed by atoms with van der Waals surface area (Å²) in [4.78, 5) is 0. The fourth-order valence-corrected chi connectivity index (χ4v) is 1.61. The smallest absolute Gasteiger partial charge is 0.159 e. The minimum absolute atomic E-state index is 0.122. The van der Waals surface area contributed by atoms with Gasteiger partial charge in [0.2, 0.25) is 0 Å². The molecular weight excluding hydrogens is 260 g/mol. The molecule has 0 saturated heterocycles. The quantitative estimate of drug-likeness (QED) is 0.718. The van der Waals surface area contributed by atoms with Crippen LogP contribution < -0.4 is 0 Å². The molecule has 0 bridgehead atoms. The highest BCUT2D eigenvalue weighted by molar-refractivity contribution is 9.10. The Morgan fingerprint density at radius 1 is 1.40 bits per heavy atom. The number of rotatable bonds is 7. The minimum atomic E-state index is -0.122. The summed E-state index contributed by atoms with van der Waals surface area (Å²) in [5.74, 6) is 0. The van der Waals surface area contributed by atoms with Crippen molar-refractivity contribution in [3.63, 3.8) is 0 Å². The van der Waals surface area contributed by atoms with E-state index in [2.05, 4.69) is 21.0 Å². The second-order valence-corrected chi connectivity index (χ2v) is 3.97. The molecule has 0 atom stereocenters. The van der Waals surface area contributed by atoms with Crippen LogP contribution in [0.25, 0.3) is 0 Å². The molecule has 0 spiro atoms. The lowest BCUT2D eigenvalue weighted by molar-refractivity contribution is -0.141. The molecule has 0 aromatic carbocycles. The van der Waals surface area contributed by atoms with Gasteiger partial charge in [-0.2, -0.15) is 5.10 Å². The molecule has 1 aromatic heterocycles. The Kier molecular flexibility index (Phi) is 5.90. The highest BCUT2D eigenvalue weighted by atomic mass is 79.9. The number of aryl methyl sites for hydroxylation is 1. The summed E-state index contributed by atoms with van der Waals surface area (Å²) in [6, 6.07) is 0. The first kappa shape index (κ1) is 12.7. The number of hydrogen-bond acceptors (Lipinski definition) is 3. The SMILES string of the molecule is CCOC(CCn1cc(Br)cn1)OCC. The highest BCUT2D eigenvalue weighted by Crippen LogP contribution is 2.08. The van der Waals surface area contributed by atoms with E-state index in [1.165, 1.54) is 0 Å². The molecule has 0 amide bonds. The molecular formula is C10H17BrN2O2. The van der Waals surface area contributed by atoms with Gasteiger partial charge in [0.1, 0.15) is 0 Å². The first-order valence-corrected chi connectivity index (χ1v) is 5.96. The molecule has 0 saturated carbocycles. The molecule has 0 aliphatic rings. The van der Waals surface area contributed by atoms with E-state index < -0.39 is 0 Å². The fourth-order valence-electron chi connectivity index (χ4n) is 1.28. The van der Waals surface area contributed by atoms with Gasteiger partial charge in [0.15, 0.2) is 6.29 Å². The first-order valence-electron chi connectivity index (χ1n) is 5.17. The van der Waals surface area contributed by atoms with Gasteiger partial charge in [0.05, 0.1) is 10.7 Å². The van der Waals surface area contributed by atoms with Gasteiger partial charge in [-0.3, -0.25) is 4.68 Å². The summed E-state index contributed by atoms with van der Waals surface area (Å²) in [7, 11) is 0. The number of aromatic nitrogens is 2. The van der Waals surface area contributed by atoms with Crippen molar-refractivity contribution < 1.29 is 9.47 Å². The Labute approximate surface area is 98.7 Å². The number of nitrogens with zero attached hydrogens (tertiary/aromatic N) is 2. The van der Waals surface area contributed by atoms with Gasteiger partial charge < -0.3 is 9.47 Å². The maximum absolute atomic E-state index is 5.44. The number of hydrogen-bond donors (Lipinski definition) is 0. The van der Waals surface area contributed by atoms with Crippen LogP contribution in [-0.2, 0) is 16.0 Å². The van der Waals surface area contributed by atoms with E-state index in [0.717, 1.165) is 17.4 Å². The predicted molar refractivity (Wildman–Crippen MR) is 61.6 cm³/mol. The molecule has 0 fully saturated rings. The van der Waals surface area contributed by atoms with Gasteiger partial charge in [-0.15, -0.1) is 0 Å². The summed E-state index contributed by atoms with van der Waals surface area (Å²) in [5.41, 5.74) is 0. The summed E-state index contributed by atoms with van der Waals surface area (Å²) in [6.07, 6.45) is 4.41. The Balaban J connectivity index is 2.32. The summed E-state index contributed by atoms with van der Waals surface area (Å²) in [5, 5.41) is 4.17. The molecule has 4 nitrogen and oxygen atoms in total. The zero-order chi connectivity index (χ0) is 11.1. The third-order valence-corrected chi connectivity index (χ3v) is 2.31. The van der Waals surface area contributed by atoms with Crippen molar-refractivity contribution in [1.82, 2.24) is 9.78 Å². The average Bonchev–Trinajstić information content (AvgIpc) is 2.61. The Bertz CT molecular complexity index is 272. The van der Waals surface area contributed by atoms with Gasteiger partial charge in [-0.25, -0.2) is 0 Å². The van der Waals surface area contributed by atoms with Gasteiger partial charge in [-0.1, -0.05) is 0 Å². The first-order chi connectivity index (χ1) is 7.26. The molecule has 5 heteroatoms. The van der Waals surface area contributed by atoms with E-state index in [1.807, 2.05) is 24.7 Å². The molecule has 0 N–H and O–H groups in total. The minimum Gasteiger partial charge on any atom is -0.353 e. The van der Waals surface area contributed by atoms with Crippen LogP contribution in [-0.4, -0.2) is 29.3 Å². The van der Waals surface area contributed by atoms with Crippen LogP contribution in [0.5, 0.6) is 0 Å². The lowest BCUT2D eigenvalue weighted by atomic mass is 10.4. The van der Waals surface area contributed by atoms with Crippen molar-refractivity contribution in [2.75, 3.05) is 13.2 Å². The lowest BCUT2D eigenvalue weighted by Crippen LogP contribution is -2.19. The van der Waals surface area contributed by atoms with Crippen LogP contribution >= 0.6 is 15.9 Å². The fraction of sp³-hybridized carbons (Fsp3) is 0.700. The molecule has 0 aliphatic heterocycles. The number of halogens is 1. The van der Waals surface area contributed by atoms with Crippen LogP contribution in [0.2, 0.25) is 0 Å². The van der Waals surface area contributed by atoms with Crippen LogP contribution in [0.15, 0.2) is 16.9 Å². The molecule has 15 heavy (non-hydrogen) atoms. The third-order valence-electron chi connectivity index (χ3n) is 1.90. The normalized spacial score (nSPS) is 11.2. The maximum atomic E-state index is 5.44. The Morgan fingerprint density at radius 2 is 2.07 bits per heavy atom. The lowest BCUT2D eigenvalue weighted by Gasteiger charge is -2.16. The largest absolute Gasteiger partial charge is 0.353 e. The maximum Gasteiger partial charge on any atom is 0.159 e. The summed E-state index contributed by atoms with van der Waals surface area (Å²) >= 11 is 3.35. The second kappa shape index (κ2) is 6.98. The third kappa shape index (κ3) is 4.77. The standard InChI is InChI=1S/C10H17BrN2O2/c1-3-14-10(15-4-2)5-6-13-8-9(11)7-12-13/h7-8,10H,3-6H2,1-2H3. The average molecular weight is 277 g/mol. The van der Waals surface area contributed by atoms with E-state index in [0.29, 0.717) is 13.2 Å². The van der Waals surface area contributed by atoms with Crippen LogP contribution in [0, 0.1) is 0 Å². The highest BCUT2D eigenvalue weighted by Gasteiger charge is 2.08. The second-order valence-electron chi connectivity index (χ2n) is 3.05. The molecule has 0 radical (unpaired) electrons. The van der Waals surface area contributed by atoms with Crippen molar-refractivity contribution in [2.45, 2.75) is 33.1 Å². The number of ether oxygens (including phenoxy) is 2. The van der Waals surface area contributed by atoms with Crippen molar-refractivity contribution in [1.29, 1.82) is 0 Å². The van der Waals surface area contributed by atoms with Crippen LogP contribution in [0.3, 0.4) is 0 Å². The van der Waals surface area contributed by atoms with E-state index >= 15 is 0 Å². The molecule has 0 aliphatic carbocycles. The van der Waals surface area contributed by atoms with Gasteiger partial charge >= 0.3 is 0 Å². The van der Waals surface area contributed by atoms with Crippen molar-refractivity contribution >= 4 is 15.9 Å². The van der Waals surface area contributed by atoms with Crippen molar-refractivity contribution in [2.24, 2.45) is 0 Å². The monoisotopic (exact) mass is 276 g/mol. The van der Waals surface area contributed by atoms with Crippen molar-refractivity contribution in [3.8, 4) is 0 Å². The summed E-state index contributed by atoms with van der Waals surface area (Å²) < 4.78 is 13.7. The Morgan fingerprint density at radius 3 is 2.53 bits per heavy atom. The van der Waals surface area contributed by atoms with Crippen molar-refractivity contribution in [3.05, 3.63) is 16.9 Å². The van der Waals surface area contributed by atoms with Crippen LogP contribution in [0.4, 0.5) is 0 Å². The van der Waals surface area contributed by atoms with Gasteiger partial charge in [0, 0.05) is 32.4 Å². The van der Waals surface area contributed by atoms with Crippen LogP contribution in [0.1, 0.15) is 20.3 Å². The zero-order valence-corrected chi connectivity index (χ0v) is 10.7.